The maximum absolute atomic E-state index is 10.4. The van der Waals surface area contributed by atoms with Gasteiger partial charge in [-0.2, -0.15) is 0 Å². The van der Waals surface area contributed by atoms with Crippen molar-refractivity contribution in [1.29, 1.82) is 0 Å². The minimum atomic E-state index is -0.896. The van der Waals surface area contributed by atoms with E-state index in [0.29, 0.717) is 17.1 Å². The number of benzene rings is 1. The van der Waals surface area contributed by atoms with Crippen molar-refractivity contribution in [3.63, 3.8) is 0 Å². The quantitative estimate of drug-likeness (QED) is 0.782. The molecule has 5 nitrogen and oxygen atoms in total. The maximum Gasteiger partial charge on any atom is 0.303 e. The van der Waals surface area contributed by atoms with E-state index < -0.39 is 5.97 Å². The van der Waals surface area contributed by atoms with Crippen LogP contribution in [0.5, 0.6) is 17.2 Å². The van der Waals surface area contributed by atoms with Gasteiger partial charge in [0, 0.05) is 12.5 Å². The van der Waals surface area contributed by atoms with Crippen LogP contribution in [-0.4, -0.2) is 23.0 Å². The van der Waals surface area contributed by atoms with E-state index in [2.05, 4.69) is 0 Å². The second kappa shape index (κ2) is 3.68. The molecule has 1 aliphatic heterocycles. The van der Waals surface area contributed by atoms with Gasteiger partial charge in [-0.1, -0.05) is 0 Å². The van der Waals surface area contributed by atoms with Crippen LogP contribution in [0, 0.1) is 0 Å². The van der Waals surface area contributed by atoms with Gasteiger partial charge in [-0.05, 0) is 18.1 Å². The molecule has 15 heavy (non-hydrogen) atoms. The lowest BCUT2D eigenvalue weighted by Crippen LogP contribution is -1.97. The molecule has 0 saturated carbocycles. The number of phenolic OH excluding ortho intramolecular Hbond substituents is 1. The molecule has 0 atom stereocenters. The number of ether oxygens (including phenoxy) is 2. The molecule has 1 heterocycles. The van der Waals surface area contributed by atoms with E-state index in [0.717, 1.165) is 0 Å². The highest BCUT2D eigenvalue weighted by molar-refractivity contribution is 5.67. The van der Waals surface area contributed by atoms with Crippen molar-refractivity contribution in [1.82, 2.24) is 0 Å². The number of aliphatic carboxylic acids is 1. The van der Waals surface area contributed by atoms with Gasteiger partial charge in [0.2, 0.25) is 6.79 Å². The second-order valence-electron chi connectivity index (χ2n) is 3.23. The average Bonchev–Trinajstić information content (AvgIpc) is 2.60. The Morgan fingerprint density at radius 2 is 2.00 bits per heavy atom. The molecule has 0 aromatic heterocycles. The number of hydrogen-bond acceptors (Lipinski definition) is 4. The summed E-state index contributed by atoms with van der Waals surface area (Å²) in [6.45, 7) is 0.136. The van der Waals surface area contributed by atoms with Crippen molar-refractivity contribution in [3.8, 4) is 17.2 Å². The van der Waals surface area contributed by atoms with Crippen LogP contribution >= 0.6 is 0 Å². The lowest BCUT2D eigenvalue weighted by Gasteiger charge is -2.04. The van der Waals surface area contributed by atoms with E-state index in [9.17, 15) is 9.90 Å². The molecule has 1 aliphatic rings. The van der Waals surface area contributed by atoms with Crippen molar-refractivity contribution >= 4 is 5.97 Å². The van der Waals surface area contributed by atoms with Gasteiger partial charge in [-0.25, -0.2) is 0 Å². The third-order valence-corrected chi connectivity index (χ3v) is 2.18. The zero-order valence-corrected chi connectivity index (χ0v) is 7.90. The van der Waals surface area contributed by atoms with Crippen LogP contribution < -0.4 is 9.47 Å². The van der Waals surface area contributed by atoms with E-state index in [1.165, 1.54) is 6.07 Å². The molecule has 0 radical (unpaired) electrons. The predicted octanol–water partition coefficient (Wildman–Crippen LogP) is 1.14. The summed E-state index contributed by atoms with van der Waals surface area (Å²) in [5.41, 5.74) is 0.557. The van der Waals surface area contributed by atoms with Crippen molar-refractivity contribution in [2.45, 2.75) is 12.8 Å². The Morgan fingerprint density at radius 3 is 2.67 bits per heavy atom. The zero-order chi connectivity index (χ0) is 10.8. The van der Waals surface area contributed by atoms with Crippen molar-refractivity contribution in [3.05, 3.63) is 17.7 Å². The molecule has 5 heteroatoms. The Bertz CT molecular complexity index is 399. The molecular formula is C10H10O5. The number of aromatic hydroxyl groups is 1. The Morgan fingerprint density at radius 1 is 1.33 bits per heavy atom. The van der Waals surface area contributed by atoms with Crippen LogP contribution in [0.3, 0.4) is 0 Å². The summed E-state index contributed by atoms with van der Waals surface area (Å²) >= 11 is 0. The van der Waals surface area contributed by atoms with E-state index in [1.54, 1.807) is 6.07 Å². The molecule has 1 aromatic rings. The summed E-state index contributed by atoms with van der Waals surface area (Å²) in [6.07, 6.45) is 0.255. The van der Waals surface area contributed by atoms with Gasteiger partial charge in [0.25, 0.3) is 0 Å². The molecule has 0 bridgehead atoms. The minimum Gasteiger partial charge on any atom is -0.508 e. The van der Waals surface area contributed by atoms with Gasteiger partial charge in [-0.15, -0.1) is 0 Å². The van der Waals surface area contributed by atoms with Crippen LogP contribution in [0.1, 0.15) is 12.0 Å². The largest absolute Gasteiger partial charge is 0.508 e. The smallest absolute Gasteiger partial charge is 0.303 e. The first kappa shape index (κ1) is 9.64. The van der Waals surface area contributed by atoms with Crippen molar-refractivity contribution in [2.75, 3.05) is 6.79 Å². The molecule has 1 aromatic carbocycles. The minimum absolute atomic E-state index is 0.0206. The molecule has 0 aliphatic carbocycles. The van der Waals surface area contributed by atoms with Gasteiger partial charge in [-0.3, -0.25) is 4.79 Å². The number of carboxylic acid groups (broad SMARTS) is 1. The molecule has 0 spiro atoms. The highest BCUT2D eigenvalue weighted by atomic mass is 16.7. The first-order valence-electron chi connectivity index (χ1n) is 4.50. The standard InChI is InChI=1S/C10H10O5/c11-7-4-9-8(14-5-15-9)3-6(7)1-2-10(12)13/h3-4,11H,1-2,5H2,(H,12,13). The number of aryl methyl sites for hydroxylation is 1. The first-order valence-corrected chi connectivity index (χ1v) is 4.50. The SMILES string of the molecule is O=C(O)CCc1cc2c(cc1O)OCO2. The number of phenols is 1. The Labute approximate surface area is 85.9 Å². The number of carboxylic acids is 1. The third kappa shape index (κ3) is 1.96. The molecule has 0 fully saturated rings. The molecule has 2 rings (SSSR count). The number of fused-ring (bicyclic) bond motifs is 1. The summed E-state index contributed by atoms with van der Waals surface area (Å²) in [7, 11) is 0. The molecule has 0 amide bonds. The lowest BCUT2D eigenvalue weighted by atomic mass is 10.1. The van der Waals surface area contributed by atoms with E-state index in [1.807, 2.05) is 0 Å². The molecule has 2 N–H and O–H groups in total. The topological polar surface area (TPSA) is 76.0 Å². The number of rotatable bonds is 3. The highest BCUT2D eigenvalue weighted by Crippen LogP contribution is 2.37. The van der Waals surface area contributed by atoms with E-state index in [4.69, 9.17) is 14.6 Å². The Kier molecular flexibility index (Phi) is 2.37. The Balaban J connectivity index is 2.21. The predicted molar refractivity (Wildman–Crippen MR) is 50.2 cm³/mol. The number of carbonyl (C=O) groups is 1. The van der Waals surface area contributed by atoms with Crippen LogP contribution in [0.2, 0.25) is 0 Å². The maximum atomic E-state index is 10.4. The summed E-state index contributed by atoms with van der Waals surface area (Å²) in [5.74, 6) is 0.187. The first-order chi connectivity index (χ1) is 7.16. The van der Waals surface area contributed by atoms with Crippen LogP contribution in [0.4, 0.5) is 0 Å². The number of hydrogen-bond donors (Lipinski definition) is 2. The van der Waals surface area contributed by atoms with Crippen LogP contribution in [0.25, 0.3) is 0 Å². The van der Waals surface area contributed by atoms with E-state index in [-0.39, 0.29) is 25.4 Å². The van der Waals surface area contributed by atoms with Crippen molar-refractivity contribution < 1.29 is 24.5 Å². The average molecular weight is 210 g/mol. The fourth-order valence-electron chi connectivity index (χ4n) is 1.42. The summed E-state index contributed by atoms with van der Waals surface area (Å²) in [6, 6.07) is 3.06. The monoisotopic (exact) mass is 210 g/mol. The summed E-state index contributed by atoms with van der Waals surface area (Å²) in [5, 5.41) is 18.1. The summed E-state index contributed by atoms with van der Waals surface area (Å²) < 4.78 is 10.2. The van der Waals surface area contributed by atoms with Crippen LogP contribution in [-0.2, 0) is 11.2 Å². The molecule has 80 valence electrons. The third-order valence-electron chi connectivity index (χ3n) is 2.18. The fourth-order valence-corrected chi connectivity index (χ4v) is 1.42. The fraction of sp³-hybridized carbons (Fsp3) is 0.300. The van der Waals surface area contributed by atoms with Gasteiger partial charge in [0.15, 0.2) is 11.5 Å². The van der Waals surface area contributed by atoms with Gasteiger partial charge in [0.1, 0.15) is 5.75 Å². The van der Waals surface area contributed by atoms with E-state index >= 15 is 0 Å². The zero-order valence-electron chi connectivity index (χ0n) is 7.90. The van der Waals surface area contributed by atoms with Crippen LogP contribution in [0.15, 0.2) is 12.1 Å². The van der Waals surface area contributed by atoms with Crippen molar-refractivity contribution in [2.24, 2.45) is 0 Å². The highest BCUT2D eigenvalue weighted by Gasteiger charge is 2.17. The van der Waals surface area contributed by atoms with Gasteiger partial charge < -0.3 is 19.7 Å². The summed E-state index contributed by atoms with van der Waals surface area (Å²) in [4.78, 5) is 10.4. The Hall–Kier alpha value is -1.91. The normalized spacial score (nSPS) is 12.8. The molecule has 0 saturated heterocycles. The van der Waals surface area contributed by atoms with Gasteiger partial charge >= 0.3 is 5.97 Å². The molecular weight excluding hydrogens is 200 g/mol. The van der Waals surface area contributed by atoms with Gasteiger partial charge in [0.05, 0.1) is 0 Å². The molecule has 0 unspecified atom stereocenters. The second-order valence-corrected chi connectivity index (χ2v) is 3.23. The lowest BCUT2D eigenvalue weighted by molar-refractivity contribution is -0.136.